The van der Waals surface area contributed by atoms with Crippen LogP contribution in [-0.4, -0.2) is 20.6 Å². The van der Waals surface area contributed by atoms with Gasteiger partial charge in [-0.1, -0.05) is 35.0 Å². The molecular weight excluding hydrogens is 440 g/mol. The van der Waals surface area contributed by atoms with Crippen LogP contribution in [-0.2, 0) is 11.3 Å². The van der Waals surface area contributed by atoms with Gasteiger partial charge in [-0.2, -0.15) is 4.98 Å². The molecule has 0 unspecified atom stereocenters. The average Bonchev–Trinajstić information content (AvgIpc) is 3.23. The predicted molar refractivity (Wildman–Crippen MR) is 128 cm³/mol. The van der Waals surface area contributed by atoms with E-state index in [9.17, 15) is 9.59 Å². The third kappa shape index (κ3) is 4.73. The first-order valence-electron chi connectivity index (χ1n) is 10.4. The van der Waals surface area contributed by atoms with E-state index in [2.05, 4.69) is 15.5 Å². The van der Waals surface area contributed by atoms with Gasteiger partial charge in [0.05, 0.1) is 0 Å². The first kappa shape index (κ1) is 22.5. The first-order valence-corrected chi connectivity index (χ1v) is 10.8. The number of amides is 1. The number of halogens is 1. The third-order valence-corrected chi connectivity index (χ3v) is 5.75. The minimum Gasteiger partial charge on any atom is -0.333 e. The Hall–Kier alpha value is -3.71. The summed E-state index contributed by atoms with van der Waals surface area (Å²) < 4.78 is 6.81. The number of carbonyl (C=O) groups excluding carboxylic acids is 1. The number of hydrogen-bond acceptors (Lipinski definition) is 5. The molecule has 2 aromatic heterocycles. The molecule has 2 heterocycles. The maximum atomic E-state index is 13.3. The Labute approximate surface area is 196 Å². The minimum absolute atomic E-state index is 0.0933. The summed E-state index contributed by atoms with van der Waals surface area (Å²) in [6, 6.07) is 14.6. The molecule has 8 heteroatoms. The second-order valence-corrected chi connectivity index (χ2v) is 8.45. The number of nitrogens with one attached hydrogen (secondary N) is 1. The lowest BCUT2D eigenvalue weighted by atomic mass is 10.1. The minimum atomic E-state index is -0.371. The summed E-state index contributed by atoms with van der Waals surface area (Å²) >= 11 is 6.05. The SMILES string of the molecule is Cc1ccc(NC(=O)Cn2c(C)cc(C)c(-c3nc(-c4cccc(Cl)c4)no3)c2=O)cc1C. The molecule has 0 saturated heterocycles. The summed E-state index contributed by atoms with van der Waals surface area (Å²) in [6.07, 6.45) is 0. The number of aryl methyl sites for hydroxylation is 4. The Morgan fingerprint density at radius 2 is 1.82 bits per heavy atom. The molecule has 0 fully saturated rings. The molecule has 4 rings (SSSR count). The van der Waals surface area contributed by atoms with Gasteiger partial charge in [0, 0.05) is 22.0 Å². The van der Waals surface area contributed by atoms with Gasteiger partial charge in [0.2, 0.25) is 11.7 Å². The van der Waals surface area contributed by atoms with E-state index >= 15 is 0 Å². The summed E-state index contributed by atoms with van der Waals surface area (Å²) in [5.74, 6) is 0.116. The molecular formula is C25H23ClN4O3. The van der Waals surface area contributed by atoms with Crippen LogP contribution < -0.4 is 10.9 Å². The fourth-order valence-electron chi connectivity index (χ4n) is 3.62. The maximum Gasteiger partial charge on any atom is 0.264 e. The van der Waals surface area contributed by atoms with Crippen molar-refractivity contribution in [3.8, 4) is 22.8 Å². The second-order valence-electron chi connectivity index (χ2n) is 8.02. The maximum absolute atomic E-state index is 13.3. The molecule has 0 aliphatic carbocycles. The van der Waals surface area contributed by atoms with E-state index in [-0.39, 0.29) is 29.5 Å². The van der Waals surface area contributed by atoms with E-state index in [1.165, 1.54) is 4.57 Å². The highest BCUT2D eigenvalue weighted by Crippen LogP contribution is 2.24. The summed E-state index contributed by atoms with van der Waals surface area (Å²) in [7, 11) is 0. The van der Waals surface area contributed by atoms with E-state index in [4.69, 9.17) is 16.1 Å². The normalized spacial score (nSPS) is 10.9. The topological polar surface area (TPSA) is 90.0 Å². The van der Waals surface area contributed by atoms with Crippen molar-refractivity contribution in [1.29, 1.82) is 0 Å². The van der Waals surface area contributed by atoms with E-state index < -0.39 is 0 Å². The van der Waals surface area contributed by atoms with Crippen LogP contribution >= 0.6 is 11.6 Å². The molecule has 0 radical (unpaired) electrons. The van der Waals surface area contributed by atoms with Crippen LogP contribution in [0.15, 0.2) is 57.8 Å². The van der Waals surface area contributed by atoms with Gasteiger partial charge in [0.15, 0.2) is 0 Å². The lowest BCUT2D eigenvalue weighted by molar-refractivity contribution is -0.116. The number of benzene rings is 2. The van der Waals surface area contributed by atoms with E-state index in [0.29, 0.717) is 33.4 Å². The molecule has 33 heavy (non-hydrogen) atoms. The van der Waals surface area contributed by atoms with Crippen LogP contribution in [0.2, 0.25) is 5.02 Å². The van der Waals surface area contributed by atoms with Gasteiger partial charge in [-0.15, -0.1) is 0 Å². The molecule has 4 aromatic rings. The van der Waals surface area contributed by atoms with Crippen molar-refractivity contribution in [3.63, 3.8) is 0 Å². The Bertz CT molecular complexity index is 1420. The van der Waals surface area contributed by atoms with Gasteiger partial charge in [-0.3, -0.25) is 9.59 Å². The first-order chi connectivity index (χ1) is 15.7. The molecule has 0 saturated carbocycles. The summed E-state index contributed by atoms with van der Waals surface area (Å²) in [5, 5.41) is 7.40. The number of hydrogen-bond donors (Lipinski definition) is 1. The monoisotopic (exact) mass is 462 g/mol. The number of pyridine rings is 1. The highest BCUT2D eigenvalue weighted by molar-refractivity contribution is 6.30. The number of carbonyl (C=O) groups is 1. The quantitative estimate of drug-likeness (QED) is 0.446. The van der Waals surface area contributed by atoms with Gasteiger partial charge in [0.1, 0.15) is 12.1 Å². The number of rotatable bonds is 5. The fraction of sp³-hybridized carbons (Fsp3) is 0.200. The van der Waals surface area contributed by atoms with Crippen molar-refractivity contribution in [3.05, 3.63) is 86.3 Å². The molecule has 0 spiro atoms. The predicted octanol–water partition coefficient (Wildman–Crippen LogP) is 5.09. The van der Waals surface area contributed by atoms with Crippen molar-refractivity contribution in [1.82, 2.24) is 14.7 Å². The second kappa shape index (κ2) is 9.03. The Kier molecular flexibility index (Phi) is 6.16. The fourth-order valence-corrected chi connectivity index (χ4v) is 3.81. The third-order valence-electron chi connectivity index (χ3n) is 5.52. The van der Waals surface area contributed by atoms with E-state index in [0.717, 1.165) is 11.1 Å². The number of anilines is 1. The average molecular weight is 463 g/mol. The van der Waals surface area contributed by atoms with Gasteiger partial charge in [-0.25, -0.2) is 0 Å². The van der Waals surface area contributed by atoms with E-state index in [1.807, 2.05) is 38.1 Å². The van der Waals surface area contributed by atoms with Crippen LogP contribution in [0.4, 0.5) is 5.69 Å². The standard InChI is InChI=1S/C25H23ClN4O3/c1-14-8-9-20(11-15(14)2)27-21(31)13-30-17(4)10-16(3)22(25(30)32)24-28-23(29-33-24)18-6-5-7-19(26)12-18/h5-12H,13H2,1-4H3,(H,27,31). The van der Waals surface area contributed by atoms with Gasteiger partial charge in [0.25, 0.3) is 11.4 Å². The zero-order chi connectivity index (χ0) is 23.7. The number of aromatic nitrogens is 3. The largest absolute Gasteiger partial charge is 0.333 e. The van der Waals surface area contributed by atoms with Gasteiger partial charge >= 0.3 is 0 Å². The molecule has 7 nitrogen and oxygen atoms in total. The number of nitrogens with zero attached hydrogens (tertiary/aromatic N) is 3. The van der Waals surface area contributed by atoms with Crippen LogP contribution in [0, 0.1) is 27.7 Å². The van der Waals surface area contributed by atoms with Crippen LogP contribution in [0.5, 0.6) is 0 Å². The van der Waals surface area contributed by atoms with Gasteiger partial charge in [-0.05, 0) is 74.7 Å². The lowest BCUT2D eigenvalue weighted by Crippen LogP contribution is -2.30. The molecule has 1 N–H and O–H groups in total. The van der Waals surface area contributed by atoms with Crippen LogP contribution in [0.3, 0.4) is 0 Å². The zero-order valence-electron chi connectivity index (χ0n) is 18.8. The molecule has 2 aromatic carbocycles. The Morgan fingerprint density at radius 1 is 1.03 bits per heavy atom. The summed E-state index contributed by atoms with van der Waals surface area (Å²) in [6.45, 7) is 7.43. The molecule has 1 amide bonds. The van der Waals surface area contributed by atoms with Crippen molar-refractivity contribution >= 4 is 23.2 Å². The molecule has 168 valence electrons. The smallest absolute Gasteiger partial charge is 0.264 e. The Balaban J connectivity index is 1.64. The lowest BCUT2D eigenvalue weighted by Gasteiger charge is -2.13. The molecule has 0 aliphatic heterocycles. The molecule has 0 atom stereocenters. The van der Waals surface area contributed by atoms with Crippen molar-refractivity contribution in [2.75, 3.05) is 5.32 Å². The summed E-state index contributed by atoms with van der Waals surface area (Å²) in [4.78, 5) is 30.4. The zero-order valence-corrected chi connectivity index (χ0v) is 19.5. The van der Waals surface area contributed by atoms with Crippen molar-refractivity contribution < 1.29 is 9.32 Å². The van der Waals surface area contributed by atoms with Gasteiger partial charge < -0.3 is 14.4 Å². The highest BCUT2D eigenvalue weighted by atomic mass is 35.5. The van der Waals surface area contributed by atoms with Crippen LogP contribution in [0.1, 0.15) is 22.4 Å². The van der Waals surface area contributed by atoms with E-state index in [1.54, 1.807) is 38.1 Å². The molecule has 0 bridgehead atoms. The summed E-state index contributed by atoms with van der Waals surface area (Å²) in [5.41, 5.74) is 4.81. The molecule has 0 aliphatic rings. The van der Waals surface area contributed by atoms with Crippen molar-refractivity contribution in [2.24, 2.45) is 0 Å². The van der Waals surface area contributed by atoms with Crippen LogP contribution in [0.25, 0.3) is 22.8 Å². The highest BCUT2D eigenvalue weighted by Gasteiger charge is 2.20. The van der Waals surface area contributed by atoms with Crippen molar-refractivity contribution in [2.45, 2.75) is 34.2 Å². The Morgan fingerprint density at radius 3 is 2.55 bits per heavy atom.